The van der Waals surface area contributed by atoms with E-state index in [0.717, 1.165) is 6.54 Å². The summed E-state index contributed by atoms with van der Waals surface area (Å²) in [5.74, 6) is 0. The average Bonchev–Trinajstić information content (AvgIpc) is 2.30. The second-order valence-electron chi connectivity index (χ2n) is 1.71. The fraction of sp³-hybridized carbons (Fsp3) is 0.333. The van der Waals surface area contributed by atoms with E-state index in [0.29, 0.717) is 10.2 Å². The molecular formula is C6H5BrN3. The first-order valence-corrected chi connectivity index (χ1v) is 3.63. The van der Waals surface area contributed by atoms with Gasteiger partial charge in [-0.1, -0.05) is 0 Å². The number of nitriles is 1. The van der Waals surface area contributed by atoms with Gasteiger partial charge in [0.15, 0.2) is 0 Å². The molecule has 0 aliphatic heterocycles. The van der Waals surface area contributed by atoms with Crippen LogP contribution in [-0.2, 0) is 6.54 Å². The molecule has 3 nitrogen and oxygen atoms in total. The van der Waals surface area contributed by atoms with E-state index in [1.807, 2.05) is 13.0 Å². The van der Waals surface area contributed by atoms with E-state index in [1.165, 1.54) is 0 Å². The SMILES string of the molecule is CCn1n[c]c(C#N)c1Br. The van der Waals surface area contributed by atoms with Crippen molar-refractivity contribution in [1.82, 2.24) is 9.78 Å². The van der Waals surface area contributed by atoms with Crippen molar-refractivity contribution in [2.75, 3.05) is 0 Å². The number of halogens is 1. The first-order chi connectivity index (χ1) is 4.79. The Labute approximate surface area is 67.4 Å². The van der Waals surface area contributed by atoms with Crippen molar-refractivity contribution in [3.8, 4) is 6.07 Å². The highest BCUT2D eigenvalue weighted by Gasteiger charge is 2.04. The third-order valence-corrected chi connectivity index (χ3v) is 1.93. The van der Waals surface area contributed by atoms with Crippen LogP contribution < -0.4 is 0 Å². The van der Waals surface area contributed by atoms with Crippen LogP contribution in [0.5, 0.6) is 0 Å². The predicted octanol–water partition coefficient (Wildman–Crippen LogP) is 1.34. The van der Waals surface area contributed by atoms with Crippen molar-refractivity contribution >= 4 is 15.9 Å². The predicted molar refractivity (Wildman–Crippen MR) is 39.2 cm³/mol. The van der Waals surface area contributed by atoms with Crippen LogP contribution in [0, 0.1) is 17.5 Å². The molecule has 0 bridgehead atoms. The topological polar surface area (TPSA) is 41.6 Å². The minimum Gasteiger partial charge on any atom is -0.257 e. The van der Waals surface area contributed by atoms with Crippen LogP contribution in [0.15, 0.2) is 4.60 Å². The minimum absolute atomic E-state index is 0.460. The van der Waals surface area contributed by atoms with Gasteiger partial charge in [-0.05, 0) is 22.9 Å². The van der Waals surface area contributed by atoms with Crippen molar-refractivity contribution in [2.24, 2.45) is 0 Å². The molecule has 10 heavy (non-hydrogen) atoms. The summed E-state index contributed by atoms with van der Waals surface area (Å²) in [6, 6.07) is 1.96. The highest BCUT2D eigenvalue weighted by molar-refractivity contribution is 9.10. The van der Waals surface area contributed by atoms with Crippen LogP contribution in [0.1, 0.15) is 12.5 Å². The molecule has 1 aromatic heterocycles. The van der Waals surface area contributed by atoms with Gasteiger partial charge >= 0.3 is 0 Å². The molecule has 1 aromatic rings. The van der Waals surface area contributed by atoms with Crippen molar-refractivity contribution in [3.63, 3.8) is 0 Å². The number of hydrogen-bond acceptors (Lipinski definition) is 2. The van der Waals surface area contributed by atoms with Gasteiger partial charge in [-0.25, -0.2) is 0 Å². The van der Waals surface area contributed by atoms with Crippen LogP contribution in [0.25, 0.3) is 0 Å². The van der Waals surface area contributed by atoms with Crippen molar-refractivity contribution < 1.29 is 0 Å². The first-order valence-electron chi connectivity index (χ1n) is 2.83. The monoisotopic (exact) mass is 198 g/mol. The number of aromatic nitrogens is 2. The maximum absolute atomic E-state index is 8.46. The zero-order valence-electron chi connectivity index (χ0n) is 5.43. The molecule has 0 aliphatic carbocycles. The van der Waals surface area contributed by atoms with E-state index in [2.05, 4.69) is 27.2 Å². The maximum atomic E-state index is 8.46. The summed E-state index contributed by atoms with van der Waals surface area (Å²) < 4.78 is 2.37. The summed E-state index contributed by atoms with van der Waals surface area (Å²) in [5, 5.41) is 12.3. The molecule has 1 heterocycles. The second-order valence-corrected chi connectivity index (χ2v) is 2.46. The Morgan fingerprint density at radius 3 is 2.90 bits per heavy atom. The Morgan fingerprint density at radius 2 is 2.60 bits per heavy atom. The van der Waals surface area contributed by atoms with Gasteiger partial charge in [0.05, 0.1) is 0 Å². The second kappa shape index (κ2) is 2.84. The molecule has 0 N–H and O–H groups in total. The summed E-state index contributed by atoms with van der Waals surface area (Å²) in [4.78, 5) is 0. The lowest BCUT2D eigenvalue weighted by Crippen LogP contribution is -1.95. The minimum atomic E-state index is 0.460. The van der Waals surface area contributed by atoms with Crippen LogP contribution >= 0.6 is 15.9 Å². The molecule has 0 aromatic carbocycles. The van der Waals surface area contributed by atoms with E-state index in [4.69, 9.17) is 5.26 Å². The summed E-state index contributed by atoms with van der Waals surface area (Å²) in [6.07, 6.45) is 2.58. The normalized spacial score (nSPS) is 9.30. The lowest BCUT2D eigenvalue weighted by atomic mass is 10.4. The van der Waals surface area contributed by atoms with Gasteiger partial charge in [-0.15, -0.1) is 0 Å². The molecule has 0 unspecified atom stereocenters. The molecule has 4 heteroatoms. The summed E-state index contributed by atoms with van der Waals surface area (Å²) in [7, 11) is 0. The summed E-state index contributed by atoms with van der Waals surface area (Å²) >= 11 is 3.22. The molecule has 0 saturated heterocycles. The number of nitrogens with zero attached hydrogens (tertiary/aromatic N) is 3. The number of aryl methyl sites for hydroxylation is 1. The maximum Gasteiger partial charge on any atom is 0.133 e. The van der Waals surface area contributed by atoms with Crippen molar-refractivity contribution in [1.29, 1.82) is 5.26 Å². The Morgan fingerprint density at radius 1 is 1.90 bits per heavy atom. The Balaban J connectivity index is 3.12. The molecular weight excluding hydrogens is 194 g/mol. The zero-order chi connectivity index (χ0) is 7.56. The molecule has 0 aliphatic rings. The number of hydrogen-bond donors (Lipinski definition) is 0. The third-order valence-electron chi connectivity index (χ3n) is 1.13. The summed E-state index contributed by atoms with van der Waals surface area (Å²) in [5.41, 5.74) is 0.460. The molecule has 51 valence electrons. The smallest absolute Gasteiger partial charge is 0.133 e. The Hall–Kier alpha value is -0.820. The van der Waals surface area contributed by atoms with Gasteiger partial charge < -0.3 is 0 Å². The van der Waals surface area contributed by atoms with Crippen molar-refractivity contribution in [2.45, 2.75) is 13.5 Å². The van der Waals surface area contributed by atoms with E-state index in [-0.39, 0.29) is 0 Å². The lowest BCUT2D eigenvalue weighted by Gasteiger charge is -1.94. The van der Waals surface area contributed by atoms with Gasteiger partial charge in [-0.2, -0.15) is 10.4 Å². The van der Waals surface area contributed by atoms with Crippen LogP contribution in [0.4, 0.5) is 0 Å². The van der Waals surface area contributed by atoms with Crippen LogP contribution in [0.3, 0.4) is 0 Å². The number of rotatable bonds is 1. The fourth-order valence-corrected chi connectivity index (χ4v) is 1.12. The standard InChI is InChI=1S/C6H5BrN3/c1-2-10-6(7)5(3-8)4-9-10/h2H2,1H3. The zero-order valence-corrected chi connectivity index (χ0v) is 7.01. The van der Waals surface area contributed by atoms with Crippen molar-refractivity contribution in [3.05, 3.63) is 16.4 Å². The van der Waals surface area contributed by atoms with E-state index < -0.39 is 0 Å². The van der Waals surface area contributed by atoms with Gasteiger partial charge in [-0.3, -0.25) is 4.68 Å². The fourth-order valence-electron chi connectivity index (χ4n) is 0.610. The quantitative estimate of drug-likeness (QED) is 0.684. The molecule has 0 fully saturated rings. The third kappa shape index (κ3) is 1.05. The van der Waals surface area contributed by atoms with E-state index >= 15 is 0 Å². The Kier molecular flexibility index (Phi) is 2.07. The van der Waals surface area contributed by atoms with Gasteiger partial charge in [0.2, 0.25) is 0 Å². The Bertz CT molecular complexity index is 271. The highest BCUT2D eigenvalue weighted by atomic mass is 79.9. The van der Waals surface area contributed by atoms with E-state index in [9.17, 15) is 0 Å². The first kappa shape index (κ1) is 7.29. The molecule has 0 amide bonds. The summed E-state index contributed by atoms with van der Waals surface area (Å²) in [6.45, 7) is 2.70. The van der Waals surface area contributed by atoms with Gasteiger partial charge in [0.25, 0.3) is 0 Å². The lowest BCUT2D eigenvalue weighted by molar-refractivity contribution is 0.644. The molecule has 0 atom stereocenters. The average molecular weight is 199 g/mol. The molecule has 0 spiro atoms. The van der Waals surface area contributed by atoms with Gasteiger partial charge in [0.1, 0.15) is 22.4 Å². The highest BCUT2D eigenvalue weighted by Crippen LogP contribution is 2.13. The largest absolute Gasteiger partial charge is 0.257 e. The van der Waals surface area contributed by atoms with Gasteiger partial charge in [0, 0.05) is 6.54 Å². The molecule has 0 saturated carbocycles. The van der Waals surface area contributed by atoms with Crippen LogP contribution in [-0.4, -0.2) is 9.78 Å². The van der Waals surface area contributed by atoms with Crippen LogP contribution in [0.2, 0.25) is 0 Å². The van der Waals surface area contributed by atoms with E-state index in [1.54, 1.807) is 4.68 Å². The molecule has 1 radical (unpaired) electrons. The molecule has 1 rings (SSSR count).